The van der Waals surface area contributed by atoms with E-state index in [1.54, 1.807) is 0 Å². The largest absolute Gasteiger partial charge is 1.00 e. The van der Waals surface area contributed by atoms with E-state index in [1.165, 1.54) is 197 Å². The Morgan fingerprint density at radius 3 is 0.848 bits per heavy atom. The van der Waals surface area contributed by atoms with Gasteiger partial charge in [0.1, 0.15) is 0 Å². The van der Waals surface area contributed by atoms with E-state index in [0.717, 1.165) is 0 Å². The van der Waals surface area contributed by atoms with Crippen LogP contribution >= 0.6 is 0 Å². The third-order valence-corrected chi connectivity index (χ3v) is 8.55. The fraction of sp³-hybridized carbons (Fsp3) is 0.895. The van der Waals surface area contributed by atoms with Gasteiger partial charge in [-0.15, -0.1) is 0 Å². The quantitative estimate of drug-likeness (QED) is 0.0312. The summed E-state index contributed by atoms with van der Waals surface area (Å²) < 4.78 is 1.23. The molecule has 3 N–H and O–H groups in total. The molecule has 8 heteroatoms. The van der Waals surface area contributed by atoms with Crippen LogP contribution in [0.5, 0.6) is 0 Å². The number of nitrogens with zero attached hydrogens (tertiary/aromatic N) is 1. The van der Waals surface area contributed by atoms with Crippen molar-refractivity contribution in [3.63, 3.8) is 0 Å². The number of rotatable bonds is 32. The van der Waals surface area contributed by atoms with Gasteiger partial charge < -0.3 is 20.1 Å². The van der Waals surface area contributed by atoms with E-state index < -0.39 is 0 Å². The fourth-order valence-corrected chi connectivity index (χ4v) is 5.69. The Morgan fingerprint density at radius 1 is 0.413 bits per heavy atom. The minimum Gasteiger partial charge on any atom is -1.00 e. The zero-order valence-corrected chi connectivity index (χ0v) is 36.9. The third kappa shape index (κ3) is 58.1. The Labute approximate surface area is 344 Å². The average Bonchev–Trinajstić information content (AvgIpc) is 2.92. The summed E-state index contributed by atoms with van der Waals surface area (Å²) in [5, 5.41) is 0. The van der Waals surface area contributed by atoms with Crippen molar-refractivity contribution in [1.82, 2.24) is 0 Å². The molecular weight excluding hydrogens is 604 g/mol. The van der Waals surface area contributed by atoms with E-state index in [0.29, 0.717) is 0 Å². The van der Waals surface area contributed by atoms with Crippen molar-refractivity contribution in [2.24, 2.45) is 0 Å². The molecule has 0 fully saturated rings. The van der Waals surface area contributed by atoms with Crippen LogP contribution in [0, 0.1) is 0 Å². The van der Waals surface area contributed by atoms with Crippen molar-refractivity contribution in [3.05, 3.63) is 24.3 Å². The standard InChI is InChI=1S/C38H76N.FH.Li.Mg.Na.2H2O.Si/c1-5-7-9-11-13-15-17-19-21-23-25-27-29-31-33-35-37-39(3,4)38-36-34-32-30-28-26-24-22-20-18-16-14-12-10-8-6-2;;;;;;;/h19-22H,5-18,23-38H2,1-4H3;1H;;;;2*1H2;/q+1;;;;;;;/p-2/b21-19-,22-20-;;;;;;;. The molecule has 0 rings (SSSR count). The first-order valence-electron chi connectivity index (χ1n) is 18.2. The van der Waals surface area contributed by atoms with Crippen molar-refractivity contribution in [2.75, 3.05) is 27.2 Å². The molecule has 264 valence electrons. The van der Waals surface area contributed by atoms with Gasteiger partial charge in [-0.1, -0.05) is 141 Å². The van der Waals surface area contributed by atoms with Crippen LogP contribution in [-0.2, 0) is 0 Å². The SMILES string of the molecule is CCCCCCCC/C=C\CCCCCCCC[N+](C)(C)CCCCCCCC/C=C\CCCCCCCC.O.[F-].[Li].[Mg].[Na].[OH-].[Si]. The molecule has 0 aliphatic heterocycles. The van der Waals surface area contributed by atoms with Gasteiger partial charge in [0.25, 0.3) is 0 Å². The van der Waals surface area contributed by atoms with Crippen LogP contribution in [0.1, 0.15) is 194 Å². The van der Waals surface area contributed by atoms with Gasteiger partial charge in [0.15, 0.2) is 0 Å². The van der Waals surface area contributed by atoms with Crippen LogP contribution in [0.3, 0.4) is 0 Å². The molecule has 0 aromatic carbocycles. The van der Waals surface area contributed by atoms with Gasteiger partial charge in [0, 0.05) is 82.4 Å². The molecule has 0 amide bonds. The van der Waals surface area contributed by atoms with E-state index in [4.69, 9.17) is 0 Å². The third-order valence-electron chi connectivity index (χ3n) is 8.55. The molecule has 0 aliphatic carbocycles. The maximum Gasteiger partial charge on any atom is 0.0782 e. The van der Waals surface area contributed by atoms with Gasteiger partial charge in [-0.2, -0.15) is 0 Å². The number of hydrogen-bond donors (Lipinski definition) is 0. The zero-order valence-electron chi connectivity index (χ0n) is 32.5. The Bertz CT molecular complexity index is 505. The van der Waals surface area contributed by atoms with E-state index in [1.807, 2.05) is 0 Å². The number of quaternary nitrogens is 1. The van der Waals surface area contributed by atoms with Gasteiger partial charge >= 0.3 is 0 Å². The van der Waals surface area contributed by atoms with E-state index in [9.17, 15) is 0 Å². The number of unbranched alkanes of at least 4 members (excludes halogenated alkanes) is 24. The summed E-state index contributed by atoms with van der Waals surface area (Å²) in [6.45, 7) is 7.33. The second kappa shape index (κ2) is 56.3. The summed E-state index contributed by atoms with van der Waals surface area (Å²) in [5.74, 6) is 0. The van der Waals surface area contributed by atoms with Crippen LogP contribution in [-0.4, -0.2) is 125 Å². The predicted molar refractivity (Wildman–Crippen MR) is 209 cm³/mol. The van der Waals surface area contributed by atoms with Gasteiger partial charge in [-0.05, 0) is 77.0 Å². The molecule has 0 aliphatic rings. The molecule has 46 heavy (non-hydrogen) atoms. The molecular formula is C38H79FLiMgNNaO2Si-. The average molecular weight is 683 g/mol. The molecule has 8 radical (unpaired) electrons. The zero-order chi connectivity index (χ0) is 28.5. The van der Waals surface area contributed by atoms with Crippen molar-refractivity contribution in [3.8, 4) is 0 Å². The molecule has 0 aromatic rings. The van der Waals surface area contributed by atoms with Gasteiger partial charge in [-0.3, -0.25) is 0 Å². The number of hydrogen-bond acceptors (Lipinski definition) is 1. The molecule has 0 unspecified atom stereocenters. The first-order chi connectivity index (χ1) is 19.1. The summed E-state index contributed by atoms with van der Waals surface area (Å²) in [5.41, 5.74) is 0. The van der Waals surface area contributed by atoms with Crippen molar-refractivity contribution < 1.29 is 20.1 Å². The van der Waals surface area contributed by atoms with Crippen LogP contribution < -0.4 is 4.70 Å². The smallest absolute Gasteiger partial charge is 0.0782 e. The van der Waals surface area contributed by atoms with Gasteiger partial charge in [-0.25, -0.2) is 0 Å². The normalized spacial score (nSPS) is 10.5. The van der Waals surface area contributed by atoms with Crippen molar-refractivity contribution in [2.45, 2.75) is 194 Å². The topological polar surface area (TPSA) is 61.5 Å². The predicted octanol–water partition coefficient (Wildman–Crippen LogP) is 7.62. The van der Waals surface area contributed by atoms with Crippen LogP contribution in [0.4, 0.5) is 0 Å². The second-order valence-electron chi connectivity index (χ2n) is 13.3. The number of allylic oxidation sites excluding steroid dienone is 4. The van der Waals surface area contributed by atoms with Crippen molar-refractivity contribution in [1.29, 1.82) is 0 Å². The molecule has 0 saturated carbocycles. The van der Waals surface area contributed by atoms with Crippen LogP contribution in [0.2, 0.25) is 0 Å². The molecule has 0 spiro atoms. The molecule has 0 bridgehead atoms. The molecule has 0 aromatic heterocycles. The maximum atomic E-state index is 2.45. The van der Waals surface area contributed by atoms with Gasteiger partial charge in [0.05, 0.1) is 27.2 Å². The summed E-state index contributed by atoms with van der Waals surface area (Å²) >= 11 is 0. The first-order valence-corrected chi connectivity index (χ1v) is 18.2. The molecule has 0 heterocycles. The Balaban J connectivity index is -0.000000344. The summed E-state index contributed by atoms with van der Waals surface area (Å²) in [6.07, 6.45) is 49.0. The Hall–Kier alpha value is 1.87. The number of halogens is 1. The van der Waals surface area contributed by atoms with E-state index in [2.05, 4.69) is 52.2 Å². The molecule has 0 saturated heterocycles. The minimum atomic E-state index is 0. The summed E-state index contributed by atoms with van der Waals surface area (Å²) in [4.78, 5) is 0. The summed E-state index contributed by atoms with van der Waals surface area (Å²) in [6, 6.07) is 0. The second-order valence-corrected chi connectivity index (χ2v) is 13.3. The monoisotopic (exact) mass is 683 g/mol. The molecule has 0 atom stereocenters. The van der Waals surface area contributed by atoms with Crippen LogP contribution in [0.25, 0.3) is 0 Å². The maximum absolute atomic E-state index is 2.45. The first kappa shape index (κ1) is 66.2. The Morgan fingerprint density at radius 2 is 0.609 bits per heavy atom. The Kier molecular flexibility index (Phi) is 80.9. The van der Waals surface area contributed by atoms with Crippen molar-refractivity contribution >= 4 is 82.4 Å². The fourth-order valence-electron chi connectivity index (χ4n) is 5.69. The molecule has 3 nitrogen and oxygen atoms in total. The summed E-state index contributed by atoms with van der Waals surface area (Å²) in [7, 11) is 4.91. The van der Waals surface area contributed by atoms with Gasteiger partial charge in [0.2, 0.25) is 0 Å². The van der Waals surface area contributed by atoms with E-state index in [-0.39, 0.29) is 98.1 Å². The van der Waals surface area contributed by atoms with Crippen LogP contribution in [0.15, 0.2) is 24.3 Å². The van der Waals surface area contributed by atoms with E-state index >= 15 is 0 Å². The minimum absolute atomic E-state index is 0.